The number of rotatable bonds is 6. The second-order valence-electron chi connectivity index (χ2n) is 6.42. The predicted octanol–water partition coefficient (Wildman–Crippen LogP) is 2.62. The number of methoxy groups -OCH3 is 3. The van der Waals surface area contributed by atoms with Crippen LogP contribution >= 0.6 is 0 Å². The van der Waals surface area contributed by atoms with Crippen molar-refractivity contribution in [1.29, 1.82) is 0 Å². The van der Waals surface area contributed by atoms with E-state index in [2.05, 4.69) is 0 Å². The summed E-state index contributed by atoms with van der Waals surface area (Å²) in [5.41, 5.74) is 0.874. The van der Waals surface area contributed by atoms with Crippen molar-refractivity contribution in [2.75, 3.05) is 39.8 Å². The fourth-order valence-corrected chi connectivity index (χ4v) is 3.52. The Morgan fingerprint density at radius 3 is 2.31 bits per heavy atom. The zero-order chi connectivity index (χ0) is 18.9. The smallest absolute Gasteiger partial charge is 0.203 e. The standard InChI is InChI=1S/C20H23NO5/c1-21-12-20(23,14-7-5-6-8-15(14)21)11-16(22)13-9-17(24-2)19(26-4)18(10-13)25-3/h5-10,23H,11-12H2,1-4H3/t20-/m0/s1. The number of carbonyl (C=O) groups excluding carboxylic acids is 1. The van der Waals surface area contributed by atoms with Crippen LogP contribution in [0, 0.1) is 0 Å². The van der Waals surface area contributed by atoms with Gasteiger partial charge in [-0.2, -0.15) is 0 Å². The zero-order valence-corrected chi connectivity index (χ0v) is 15.4. The van der Waals surface area contributed by atoms with Gasteiger partial charge in [0.2, 0.25) is 5.75 Å². The zero-order valence-electron chi connectivity index (χ0n) is 15.4. The van der Waals surface area contributed by atoms with Gasteiger partial charge in [0, 0.05) is 30.3 Å². The van der Waals surface area contributed by atoms with Crippen molar-refractivity contribution in [2.24, 2.45) is 0 Å². The molecule has 1 heterocycles. The number of nitrogens with zero attached hydrogens (tertiary/aromatic N) is 1. The molecule has 0 radical (unpaired) electrons. The van der Waals surface area contributed by atoms with Crippen LogP contribution in [0.1, 0.15) is 22.3 Å². The number of ketones is 1. The van der Waals surface area contributed by atoms with E-state index in [-0.39, 0.29) is 12.2 Å². The Hall–Kier alpha value is -2.73. The highest BCUT2D eigenvalue weighted by Crippen LogP contribution is 2.42. The monoisotopic (exact) mass is 357 g/mol. The van der Waals surface area contributed by atoms with Gasteiger partial charge in [0.05, 0.1) is 27.9 Å². The summed E-state index contributed by atoms with van der Waals surface area (Å²) in [6.45, 7) is 0.364. The molecule has 2 aromatic rings. The number of β-amino-alcohol motifs (C(OH)–C–C–N with tert-alkyl or cyclic N) is 1. The number of aliphatic hydroxyl groups is 1. The van der Waals surface area contributed by atoms with E-state index in [1.54, 1.807) is 12.1 Å². The maximum absolute atomic E-state index is 12.9. The summed E-state index contributed by atoms with van der Waals surface area (Å²) in [5, 5.41) is 11.1. The van der Waals surface area contributed by atoms with Gasteiger partial charge in [0.15, 0.2) is 17.3 Å². The molecular formula is C20H23NO5. The lowest BCUT2D eigenvalue weighted by molar-refractivity contribution is 0.0411. The Balaban J connectivity index is 1.94. The largest absolute Gasteiger partial charge is 0.493 e. The van der Waals surface area contributed by atoms with Crippen LogP contribution in [0.15, 0.2) is 36.4 Å². The number of para-hydroxylation sites is 1. The minimum atomic E-state index is -1.23. The average Bonchev–Trinajstić information content (AvgIpc) is 2.91. The molecule has 0 saturated carbocycles. The molecule has 0 spiro atoms. The van der Waals surface area contributed by atoms with E-state index in [0.717, 1.165) is 11.3 Å². The molecule has 0 amide bonds. The quantitative estimate of drug-likeness (QED) is 0.802. The highest BCUT2D eigenvalue weighted by molar-refractivity contribution is 5.98. The lowest BCUT2D eigenvalue weighted by Crippen LogP contribution is -2.34. The second kappa shape index (κ2) is 6.88. The number of hydrogen-bond donors (Lipinski definition) is 1. The van der Waals surface area contributed by atoms with Crippen molar-refractivity contribution in [3.63, 3.8) is 0 Å². The topological polar surface area (TPSA) is 68.2 Å². The van der Waals surface area contributed by atoms with Crippen molar-refractivity contribution in [3.8, 4) is 17.2 Å². The van der Waals surface area contributed by atoms with Gasteiger partial charge in [-0.3, -0.25) is 4.79 Å². The molecule has 1 atom stereocenters. The van der Waals surface area contributed by atoms with E-state index in [0.29, 0.717) is 29.4 Å². The van der Waals surface area contributed by atoms with Gasteiger partial charge < -0.3 is 24.2 Å². The summed E-state index contributed by atoms with van der Waals surface area (Å²) < 4.78 is 15.9. The number of fused-ring (bicyclic) bond motifs is 1. The van der Waals surface area contributed by atoms with Gasteiger partial charge in [-0.05, 0) is 18.2 Å². The van der Waals surface area contributed by atoms with Crippen molar-refractivity contribution >= 4 is 11.5 Å². The SMILES string of the molecule is COc1cc(C(=O)C[C@]2(O)CN(C)c3ccccc32)cc(OC)c1OC. The van der Waals surface area contributed by atoms with E-state index >= 15 is 0 Å². The van der Waals surface area contributed by atoms with Crippen LogP contribution in [0.2, 0.25) is 0 Å². The van der Waals surface area contributed by atoms with Crippen LogP contribution in [-0.2, 0) is 5.60 Å². The average molecular weight is 357 g/mol. The maximum atomic E-state index is 12.9. The van der Waals surface area contributed by atoms with Gasteiger partial charge >= 0.3 is 0 Å². The first-order chi connectivity index (χ1) is 12.4. The van der Waals surface area contributed by atoms with Crippen LogP contribution < -0.4 is 19.1 Å². The van der Waals surface area contributed by atoms with Crippen LogP contribution in [-0.4, -0.2) is 45.8 Å². The summed E-state index contributed by atoms with van der Waals surface area (Å²) in [6, 6.07) is 10.8. The highest BCUT2D eigenvalue weighted by Gasteiger charge is 2.41. The first-order valence-corrected chi connectivity index (χ1v) is 8.29. The first kappa shape index (κ1) is 18.1. The third-order valence-corrected chi connectivity index (χ3v) is 4.76. The molecule has 0 aromatic heterocycles. The molecule has 1 aliphatic heterocycles. The fourth-order valence-electron chi connectivity index (χ4n) is 3.52. The molecule has 0 saturated heterocycles. The molecule has 1 N–H and O–H groups in total. The molecule has 6 heteroatoms. The molecule has 26 heavy (non-hydrogen) atoms. The molecule has 2 aromatic carbocycles. The number of likely N-dealkylation sites (N-methyl/N-ethyl adjacent to an activating group) is 1. The van der Waals surface area contributed by atoms with Gasteiger partial charge in [0.1, 0.15) is 5.60 Å². The number of anilines is 1. The van der Waals surface area contributed by atoms with Gasteiger partial charge in [-0.1, -0.05) is 18.2 Å². The summed E-state index contributed by atoms with van der Waals surface area (Å²) in [6.07, 6.45) is -0.0347. The van der Waals surface area contributed by atoms with E-state index in [1.165, 1.54) is 21.3 Å². The van der Waals surface area contributed by atoms with Crippen LogP contribution in [0.3, 0.4) is 0 Å². The molecule has 138 valence electrons. The number of ether oxygens (including phenoxy) is 3. The van der Waals surface area contributed by atoms with E-state index in [9.17, 15) is 9.90 Å². The fraction of sp³-hybridized carbons (Fsp3) is 0.350. The minimum absolute atomic E-state index is 0.0347. The van der Waals surface area contributed by atoms with Gasteiger partial charge in [0.25, 0.3) is 0 Å². The summed E-state index contributed by atoms with van der Waals surface area (Å²) in [7, 11) is 6.42. The summed E-state index contributed by atoms with van der Waals surface area (Å²) in [4.78, 5) is 14.9. The molecule has 0 unspecified atom stereocenters. The Labute approximate surface area is 152 Å². The van der Waals surface area contributed by atoms with Crippen molar-refractivity contribution in [1.82, 2.24) is 0 Å². The van der Waals surface area contributed by atoms with Gasteiger partial charge in [-0.15, -0.1) is 0 Å². The first-order valence-electron chi connectivity index (χ1n) is 8.29. The van der Waals surface area contributed by atoms with Crippen molar-refractivity contribution in [3.05, 3.63) is 47.5 Å². The lowest BCUT2D eigenvalue weighted by atomic mass is 9.88. The van der Waals surface area contributed by atoms with E-state index < -0.39 is 5.60 Å². The lowest BCUT2D eigenvalue weighted by Gasteiger charge is -2.23. The van der Waals surface area contributed by atoms with Crippen molar-refractivity contribution < 1.29 is 24.1 Å². The molecule has 1 aliphatic rings. The van der Waals surface area contributed by atoms with Gasteiger partial charge in [-0.25, -0.2) is 0 Å². The number of hydrogen-bond acceptors (Lipinski definition) is 6. The second-order valence-corrected chi connectivity index (χ2v) is 6.42. The predicted molar refractivity (Wildman–Crippen MR) is 98.7 cm³/mol. The number of benzene rings is 2. The molecule has 0 bridgehead atoms. The third kappa shape index (κ3) is 2.97. The molecule has 3 rings (SSSR count). The molecular weight excluding hydrogens is 334 g/mol. The highest BCUT2D eigenvalue weighted by atomic mass is 16.5. The van der Waals surface area contributed by atoms with Crippen LogP contribution in [0.4, 0.5) is 5.69 Å². The summed E-state index contributed by atoms with van der Waals surface area (Å²) in [5.74, 6) is 1.05. The third-order valence-electron chi connectivity index (χ3n) is 4.76. The van der Waals surface area contributed by atoms with Crippen LogP contribution in [0.5, 0.6) is 17.2 Å². The molecule has 0 aliphatic carbocycles. The van der Waals surface area contributed by atoms with E-state index in [4.69, 9.17) is 14.2 Å². The Bertz CT molecular complexity index is 810. The molecule has 6 nitrogen and oxygen atoms in total. The molecule has 0 fully saturated rings. The van der Waals surface area contributed by atoms with Crippen LogP contribution in [0.25, 0.3) is 0 Å². The Kier molecular flexibility index (Phi) is 4.78. The number of Topliss-reactive ketones (excluding diaryl/α,β-unsaturated/α-hetero) is 1. The van der Waals surface area contributed by atoms with Crippen molar-refractivity contribution in [2.45, 2.75) is 12.0 Å². The minimum Gasteiger partial charge on any atom is -0.493 e. The normalized spacial score (nSPS) is 18.4. The number of carbonyl (C=O) groups is 1. The van der Waals surface area contributed by atoms with E-state index in [1.807, 2.05) is 36.2 Å². The maximum Gasteiger partial charge on any atom is 0.203 e. The Morgan fingerprint density at radius 2 is 1.73 bits per heavy atom. The summed E-state index contributed by atoms with van der Waals surface area (Å²) >= 11 is 0. The Morgan fingerprint density at radius 1 is 1.12 bits per heavy atom.